The number of nitro benzene ring substituents is 1. The summed E-state index contributed by atoms with van der Waals surface area (Å²) < 4.78 is 63.7. The van der Waals surface area contributed by atoms with E-state index in [1.807, 2.05) is 0 Å². The van der Waals surface area contributed by atoms with Gasteiger partial charge in [0, 0.05) is 18.7 Å². The smallest absolute Gasteiger partial charge is 0.258 e. The number of benzene rings is 2. The molecule has 2 unspecified atom stereocenters. The highest BCUT2D eigenvalue weighted by atomic mass is 32.2. The van der Waals surface area contributed by atoms with Crippen molar-refractivity contribution in [2.45, 2.75) is 17.1 Å². The number of non-ortho nitro benzene ring substituents is 1. The van der Waals surface area contributed by atoms with Crippen LogP contribution >= 0.6 is 0 Å². The van der Waals surface area contributed by atoms with Crippen LogP contribution < -0.4 is 0 Å². The molecule has 2 atom stereocenters. The van der Waals surface area contributed by atoms with Crippen LogP contribution in [-0.2, 0) is 16.2 Å². The minimum absolute atomic E-state index is 0.104. The zero-order valence-corrected chi connectivity index (χ0v) is 13.3. The van der Waals surface area contributed by atoms with E-state index < -0.39 is 32.7 Å². The van der Waals surface area contributed by atoms with Crippen LogP contribution in [0.15, 0.2) is 53.4 Å². The van der Waals surface area contributed by atoms with Gasteiger partial charge < -0.3 is 0 Å². The van der Waals surface area contributed by atoms with Gasteiger partial charge in [-0.15, -0.1) is 0 Å². The Balaban J connectivity index is 1.79. The van der Waals surface area contributed by atoms with Gasteiger partial charge in [0.05, 0.1) is 21.4 Å². The molecular formula is C15H11F3N2O4S. The van der Waals surface area contributed by atoms with Crippen molar-refractivity contribution < 1.29 is 26.5 Å². The van der Waals surface area contributed by atoms with Crippen LogP contribution in [-0.4, -0.2) is 24.2 Å². The fourth-order valence-electron chi connectivity index (χ4n) is 2.43. The Morgan fingerprint density at radius 1 is 1.04 bits per heavy atom. The molecule has 0 N–H and O–H groups in total. The Bertz CT molecular complexity index is 909. The number of hydrogen-bond acceptors (Lipinski definition) is 4. The summed E-state index contributed by atoms with van der Waals surface area (Å²) in [6, 6.07) is 8.22. The van der Waals surface area contributed by atoms with Crippen LogP contribution in [0, 0.1) is 10.1 Å². The summed E-state index contributed by atoms with van der Waals surface area (Å²) in [7, 11) is -3.86. The molecule has 2 aromatic rings. The van der Waals surface area contributed by atoms with E-state index in [9.17, 15) is 31.7 Å². The largest absolute Gasteiger partial charge is 0.416 e. The summed E-state index contributed by atoms with van der Waals surface area (Å²) in [6.45, 7) is 0.144. The lowest BCUT2D eigenvalue weighted by atomic mass is 10.1. The molecule has 6 nitrogen and oxygen atoms in total. The molecule has 0 aliphatic carbocycles. The van der Waals surface area contributed by atoms with E-state index in [2.05, 4.69) is 0 Å². The standard InChI is InChI=1S/C15H11F3N2O4S/c16-15(17,18)11-3-1-10(2-4-11)14-9-19(14)25(23,24)13-7-5-12(6-8-13)20(21)22/h1-8,14H,9H2. The van der Waals surface area contributed by atoms with Gasteiger partial charge in [-0.2, -0.15) is 17.5 Å². The second-order valence-corrected chi connectivity index (χ2v) is 7.35. The van der Waals surface area contributed by atoms with Crippen LogP contribution in [0.5, 0.6) is 0 Å². The maximum Gasteiger partial charge on any atom is 0.416 e. The number of sulfonamides is 1. The van der Waals surface area contributed by atoms with Crippen molar-refractivity contribution in [3.8, 4) is 0 Å². The molecule has 0 saturated carbocycles. The minimum Gasteiger partial charge on any atom is -0.258 e. The second-order valence-electron chi connectivity index (χ2n) is 5.46. The predicted molar refractivity (Wildman–Crippen MR) is 81.2 cm³/mol. The van der Waals surface area contributed by atoms with Crippen LogP contribution in [0.25, 0.3) is 0 Å². The van der Waals surface area contributed by atoms with E-state index in [0.29, 0.717) is 5.56 Å². The molecule has 1 aliphatic heterocycles. The van der Waals surface area contributed by atoms with Crippen molar-refractivity contribution >= 4 is 15.7 Å². The quantitative estimate of drug-likeness (QED) is 0.468. The van der Waals surface area contributed by atoms with E-state index in [1.165, 1.54) is 12.1 Å². The Morgan fingerprint density at radius 3 is 2.08 bits per heavy atom. The Hall–Kier alpha value is -2.46. The summed E-state index contributed by atoms with van der Waals surface area (Å²) in [5.41, 5.74) is -0.579. The normalized spacial score (nSPS) is 20.3. The van der Waals surface area contributed by atoms with Crippen molar-refractivity contribution in [1.29, 1.82) is 0 Å². The highest BCUT2D eigenvalue weighted by molar-refractivity contribution is 7.89. The molecule has 0 radical (unpaired) electrons. The lowest BCUT2D eigenvalue weighted by Crippen LogP contribution is -2.13. The highest BCUT2D eigenvalue weighted by Gasteiger charge is 2.45. The second kappa shape index (κ2) is 5.81. The third-order valence-electron chi connectivity index (χ3n) is 3.84. The number of nitrogens with zero attached hydrogens (tertiary/aromatic N) is 2. The predicted octanol–water partition coefficient (Wildman–Crippen LogP) is 3.36. The fourth-order valence-corrected chi connectivity index (χ4v) is 3.98. The first-order valence-electron chi connectivity index (χ1n) is 7.04. The SMILES string of the molecule is O=[N+]([O-])c1ccc(S(=O)(=O)N2CC2c2ccc(C(F)(F)F)cc2)cc1. The first-order valence-corrected chi connectivity index (χ1v) is 8.48. The number of alkyl halides is 3. The van der Waals surface area contributed by atoms with Crippen LogP contribution in [0.3, 0.4) is 0 Å². The van der Waals surface area contributed by atoms with Crippen molar-refractivity contribution in [1.82, 2.24) is 4.31 Å². The van der Waals surface area contributed by atoms with Crippen molar-refractivity contribution in [2.75, 3.05) is 6.54 Å². The molecule has 1 saturated heterocycles. The maximum atomic E-state index is 12.6. The first-order chi connectivity index (χ1) is 11.6. The number of rotatable bonds is 4. The average molecular weight is 372 g/mol. The molecule has 0 spiro atoms. The zero-order valence-electron chi connectivity index (χ0n) is 12.5. The van der Waals surface area contributed by atoms with Gasteiger partial charge in [-0.25, -0.2) is 8.42 Å². The van der Waals surface area contributed by atoms with E-state index in [4.69, 9.17) is 0 Å². The average Bonchev–Trinajstić information content (AvgIpc) is 3.35. The summed E-state index contributed by atoms with van der Waals surface area (Å²) in [5.74, 6) is 0. The van der Waals surface area contributed by atoms with Gasteiger partial charge in [0.15, 0.2) is 0 Å². The van der Waals surface area contributed by atoms with Crippen molar-refractivity contribution in [3.05, 3.63) is 69.8 Å². The molecule has 0 bridgehead atoms. The van der Waals surface area contributed by atoms with Crippen LogP contribution in [0.1, 0.15) is 17.2 Å². The molecule has 25 heavy (non-hydrogen) atoms. The van der Waals surface area contributed by atoms with Gasteiger partial charge in [-0.05, 0) is 29.8 Å². The molecule has 3 rings (SSSR count). The van der Waals surface area contributed by atoms with E-state index in [1.54, 1.807) is 0 Å². The fraction of sp³-hybridized carbons (Fsp3) is 0.200. The molecule has 2 aromatic carbocycles. The summed E-state index contributed by atoms with van der Waals surface area (Å²) >= 11 is 0. The number of hydrogen-bond donors (Lipinski definition) is 0. The molecule has 10 heteroatoms. The van der Waals surface area contributed by atoms with Gasteiger partial charge in [0.25, 0.3) is 5.69 Å². The Morgan fingerprint density at radius 2 is 1.60 bits per heavy atom. The monoisotopic (exact) mass is 372 g/mol. The molecule has 0 amide bonds. The number of halogens is 3. The molecule has 1 heterocycles. The Labute approximate surface area is 140 Å². The maximum absolute atomic E-state index is 12.6. The van der Waals surface area contributed by atoms with Gasteiger partial charge in [0.2, 0.25) is 10.0 Å². The third kappa shape index (κ3) is 3.35. The summed E-state index contributed by atoms with van der Waals surface area (Å²) in [4.78, 5) is 9.86. The lowest BCUT2D eigenvalue weighted by molar-refractivity contribution is -0.384. The van der Waals surface area contributed by atoms with Gasteiger partial charge in [-0.1, -0.05) is 12.1 Å². The third-order valence-corrected chi connectivity index (χ3v) is 5.73. The molecule has 1 aliphatic rings. The van der Waals surface area contributed by atoms with Crippen molar-refractivity contribution in [2.24, 2.45) is 0 Å². The zero-order chi connectivity index (χ0) is 18.4. The topological polar surface area (TPSA) is 80.3 Å². The van der Waals surface area contributed by atoms with E-state index >= 15 is 0 Å². The molecule has 132 valence electrons. The minimum atomic E-state index is -4.45. The Kier molecular flexibility index (Phi) is 4.04. The van der Waals surface area contributed by atoms with E-state index in [-0.39, 0.29) is 17.1 Å². The lowest BCUT2D eigenvalue weighted by Gasteiger charge is -2.08. The summed E-state index contributed by atoms with van der Waals surface area (Å²) in [5, 5.41) is 10.6. The summed E-state index contributed by atoms with van der Waals surface area (Å²) in [6.07, 6.45) is -4.45. The molecule has 0 aromatic heterocycles. The van der Waals surface area contributed by atoms with E-state index in [0.717, 1.165) is 40.7 Å². The van der Waals surface area contributed by atoms with Gasteiger partial charge >= 0.3 is 6.18 Å². The first kappa shape index (κ1) is 17.4. The van der Waals surface area contributed by atoms with Crippen molar-refractivity contribution in [3.63, 3.8) is 0 Å². The molecule has 1 fully saturated rings. The van der Waals surface area contributed by atoms with Crippen LogP contribution in [0.2, 0.25) is 0 Å². The number of nitro groups is 1. The highest BCUT2D eigenvalue weighted by Crippen LogP contribution is 2.41. The van der Waals surface area contributed by atoms with Gasteiger partial charge in [-0.3, -0.25) is 10.1 Å². The molecular weight excluding hydrogens is 361 g/mol. The van der Waals surface area contributed by atoms with Gasteiger partial charge in [0.1, 0.15) is 0 Å². The van der Waals surface area contributed by atoms with Crippen LogP contribution in [0.4, 0.5) is 18.9 Å².